The number of nitrogens with zero attached hydrogens (tertiary/aromatic N) is 1. The molecule has 2 atom stereocenters. The van der Waals surface area contributed by atoms with E-state index >= 15 is 0 Å². The molecule has 2 rings (SSSR count). The van der Waals surface area contributed by atoms with Gasteiger partial charge in [0.1, 0.15) is 0 Å². The van der Waals surface area contributed by atoms with Crippen molar-refractivity contribution in [1.29, 1.82) is 0 Å². The summed E-state index contributed by atoms with van der Waals surface area (Å²) in [6.07, 6.45) is 1.07. The molecule has 0 radical (unpaired) electrons. The monoisotopic (exact) mass is 410 g/mol. The number of rotatable bonds is 7. The lowest BCUT2D eigenvalue weighted by Crippen LogP contribution is -2.48. The third-order valence-corrected chi connectivity index (χ3v) is 6.47. The molecule has 8 nitrogen and oxygen atoms in total. The average molecular weight is 410 g/mol. The number of esters is 1. The van der Waals surface area contributed by atoms with Crippen LogP contribution in [0, 0.1) is 0 Å². The van der Waals surface area contributed by atoms with Crippen molar-refractivity contribution in [2.24, 2.45) is 0 Å². The van der Waals surface area contributed by atoms with Gasteiger partial charge in [-0.3, -0.25) is 9.59 Å². The van der Waals surface area contributed by atoms with Gasteiger partial charge in [-0.25, -0.2) is 13.2 Å². The molecule has 0 bridgehead atoms. The minimum Gasteiger partial charge on any atom is -0.452 e. The molecule has 154 valence electrons. The number of anilines is 1. The Balaban J connectivity index is 1.99. The van der Waals surface area contributed by atoms with E-state index in [4.69, 9.17) is 4.74 Å². The number of amides is 2. The van der Waals surface area contributed by atoms with Crippen LogP contribution >= 0.6 is 0 Å². The van der Waals surface area contributed by atoms with E-state index in [0.29, 0.717) is 18.5 Å². The molecule has 1 aromatic carbocycles. The van der Waals surface area contributed by atoms with Crippen molar-refractivity contribution in [2.45, 2.75) is 45.7 Å². The van der Waals surface area contributed by atoms with E-state index in [1.165, 1.54) is 24.0 Å². The van der Waals surface area contributed by atoms with Gasteiger partial charge in [0.2, 0.25) is 5.91 Å². The summed E-state index contributed by atoms with van der Waals surface area (Å²) in [5.74, 6) is -1.27. The lowest BCUT2D eigenvalue weighted by molar-refractivity contribution is -0.138. The molecule has 1 aromatic rings. The zero-order chi connectivity index (χ0) is 20.9. The van der Waals surface area contributed by atoms with Crippen LogP contribution in [0.3, 0.4) is 0 Å². The first-order valence-corrected chi connectivity index (χ1v) is 11.0. The fraction of sp³-hybridized carbons (Fsp3) is 0.526. The maximum Gasteiger partial charge on any atom is 0.338 e. The van der Waals surface area contributed by atoms with Gasteiger partial charge in [-0.15, -0.1) is 0 Å². The SMILES string of the molecule is CC[C@H](C)N(C(=O)COC(=O)c1ccc(NC(C)=O)cc1)[C@H]1CCS(=O)(=O)C1. The summed E-state index contributed by atoms with van der Waals surface area (Å²) in [5, 5.41) is 2.59. The Morgan fingerprint density at radius 3 is 2.39 bits per heavy atom. The number of sulfone groups is 1. The Morgan fingerprint density at radius 2 is 1.89 bits per heavy atom. The molecule has 1 fully saturated rings. The van der Waals surface area contributed by atoms with Crippen LogP contribution in [0.2, 0.25) is 0 Å². The number of hydrogen-bond donors (Lipinski definition) is 1. The number of benzene rings is 1. The summed E-state index contributed by atoms with van der Waals surface area (Å²) >= 11 is 0. The maximum absolute atomic E-state index is 12.7. The highest BCUT2D eigenvalue weighted by molar-refractivity contribution is 7.91. The van der Waals surface area contributed by atoms with Gasteiger partial charge in [0.15, 0.2) is 16.4 Å². The lowest BCUT2D eigenvalue weighted by atomic mass is 10.1. The fourth-order valence-electron chi connectivity index (χ4n) is 3.18. The van der Waals surface area contributed by atoms with Crippen LogP contribution in [0.5, 0.6) is 0 Å². The second kappa shape index (κ2) is 9.18. The maximum atomic E-state index is 12.7. The lowest BCUT2D eigenvalue weighted by Gasteiger charge is -2.33. The highest BCUT2D eigenvalue weighted by Crippen LogP contribution is 2.21. The number of nitrogens with one attached hydrogen (secondary N) is 1. The summed E-state index contributed by atoms with van der Waals surface area (Å²) in [5.41, 5.74) is 0.797. The van der Waals surface area contributed by atoms with Crippen LogP contribution in [-0.4, -0.2) is 61.3 Å². The molecule has 28 heavy (non-hydrogen) atoms. The molecule has 1 heterocycles. The normalized spacial score (nSPS) is 18.9. The van der Waals surface area contributed by atoms with Crippen LogP contribution in [0.1, 0.15) is 44.0 Å². The van der Waals surface area contributed by atoms with E-state index in [-0.39, 0.29) is 35.1 Å². The number of carbonyl (C=O) groups excluding carboxylic acids is 3. The molecular formula is C19H26N2O6S. The standard InChI is InChI=1S/C19H26N2O6S/c1-4-13(2)21(17-9-10-28(25,26)12-17)18(23)11-27-19(24)15-5-7-16(8-6-15)20-14(3)22/h5-8,13,17H,4,9-12H2,1-3H3,(H,20,22)/t13-,17-/m0/s1. The molecule has 0 spiro atoms. The van der Waals surface area contributed by atoms with Crippen molar-refractivity contribution in [3.8, 4) is 0 Å². The first-order valence-electron chi connectivity index (χ1n) is 9.19. The van der Waals surface area contributed by atoms with E-state index in [1.807, 2.05) is 13.8 Å². The highest BCUT2D eigenvalue weighted by atomic mass is 32.2. The van der Waals surface area contributed by atoms with Crippen LogP contribution < -0.4 is 5.32 Å². The topological polar surface area (TPSA) is 110 Å². The molecule has 0 saturated carbocycles. The minimum absolute atomic E-state index is 0.0539. The Labute approximate surface area is 165 Å². The van der Waals surface area contributed by atoms with Gasteiger partial charge < -0.3 is 15.0 Å². The van der Waals surface area contributed by atoms with Crippen LogP contribution in [-0.2, 0) is 24.2 Å². The Kier molecular flexibility index (Phi) is 7.17. The predicted octanol–water partition coefficient (Wildman–Crippen LogP) is 1.62. The Morgan fingerprint density at radius 1 is 1.25 bits per heavy atom. The van der Waals surface area contributed by atoms with E-state index in [9.17, 15) is 22.8 Å². The molecule has 0 unspecified atom stereocenters. The molecule has 1 aliphatic heterocycles. The van der Waals surface area contributed by atoms with Gasteiger partial charge in [-0.05, 0) is 44.0 Å². The van der Waals surface area contributed by atoms with Gasteiger partial charge in [0.05, 0.1) is 17.1 Å². The van der Waals surface area contributed by atoms with Gasteiger partial charge in [0, 0.05) is 24.7 Å². The molecule has 9 heteroatoms. The van der Waals surface area contributed by atoms with Crippen molar-refractivity contribution in [3.63, 3.8) is 0 Å². The van der Waals surface area contributed by atoms with Gasteiger partial charge in [-0.1, -0.05) is 6.92 Å². The second-order valence-electron chi connectivity index (χ2n) is 6.95. The minimum atomic E-state index is -3.13. The average Bonchev–Trinajstić information content (AvgIpc) is 2.99. The number of ether oxygens (including phenoxy) is 1. The second-order valence-corrected chi connectivity index (χ2v) is 9.18. The Hall–Kier alpha value is -2.42. The molecule has 2 amide bonds. The van der Waals surface area contributed by atoms with Gasteiger partial charge in [-0.2, -0.15) is 0 Å². The molecule has 1 aliphatic rings. The number of hydrogen-bond acceptors (Lipinski definition) is 6. The summed E-state index contributed by atoms with van der Waals surface area (Å²) in [6.45, 7) is 4.70. The fourth-order valence-corrected chi connectivity index (χ4v) is 4.89. The van der Waals surface area contributed by atoms with E-state index < -0.39 is 28.3 Å². The largest absolute Gasteiger partial charge is 0.452 e. The highest BCUT2D eigenvalue weighted by Gasteiger charge is 2.36. The summed E-state index contributed by atoms with van der Waals surface area (Å²) in [6, 6.07) is 5.58. The quantitative estimate of drug-likeness (QED) is 0.684. The third kappa shape index (κ3) is 5.79. The van der Waals surface area contributed by atoms with E-state index in [1.54, 1.807) is 12.1 Å². The molecule has 1 saturated heterocycles. The van der Waals surface area contributed by atoms with Crippen molar-refractivity contribution in [2.75, 3.05) is 23.4 Å². The summed E-state index contributed by atoms with van der Waals surface area (Å²) < 4.78 is 28.7. The van der Waals surface area contributed by atoms with Gasteiger partial charge >= 0.3 is 5.97 Å². The zero-order valence-electron chi connectivity index (χ0n) is 16.3. The predicted molar refractivity (Wildman–Crippen MR) is 105 cm³/mol. The van der Waals surface area contributed by atoms with E-state index in [0.717, 1.165) is 0 Å². The molecule has 1 N–H and O–H groups in total. The van der Waals surface area contributed by atoms with Crippen molar-refractivity contribution in [1.82, 2.24) is 4.90 Å². The van der Waals surface area contributed by atoms with Crippen molar-refractivity contribution >= 4 is 33.3 Å². The Bertz CT molecular complexity index is 834. The first kappa shape index (κ1) is 21.9. The summed E-state index contributed by atoms with van der Waals surface area (Å²) in [7, 11) is -3.13. The number of carbonyl (C=O) groups is 3. The van der Waals surface area contributed by atoms with Crippen LogP contribution in [0.4, 0.5) is 5.69 Å². The van der Waals surface area contributed by atoms with Gasteiger partial charge in [0.25, 0.3) is 5.91 Å². The third-order valence-electron chi connectivity index (χ3n) is 4.72. The molecule has 0 aliphatic carbocycles. The van der Waals surface area contributed by atoms with Crippen LogP contribution in [0.25, 0.3) is 0 Å². The smallest absolute Gasteiger partial charge is 0.338 e. The molecular weight excluding hydrogens is 384 g/mol. The summed E-state index contributed by atoms with van der Waals surface area (Å²) in [4.78, 5) is 37.4. The van der Waals surface area contributed by atoms with Crippen molar-refractivity contribution in [3.05, 3.63) is 29.8 Å². The van der Waals surface area contributed by atoms with Crippen molar-refractivity contribution < 1.29 is 27.5 Å². The first-order chi connectivity index (χ1) is 13.1. The molecule has 0 aromatic heterocycles. The van der Waals surface area contributed by atoms with E-state index in [2.05, 4.69) is 5.32 Å². The van der Waals surface area contributed by atoms with Crippen LogP contribution in [0.15, 0.2) is 24.3 Å². The zero-order valence-corrected chi connectivity index (χ0v) is 17.1.